The molecule has 0 unspecified atom stereocenters. The highest BCUT2D eigenvalue weighted by Gasteiger charge is 2.23. The number of nitrogens with two attached hydrogens (primary N) is 1. The number of hydrogen-bond acceptors (Lipinski definition) is 4. The van der Waals surface area contributed by atoms with Crippen LogP contribution in [-0.4, -0.2) is 16.5 Å². The van der Waals surface area contributed by atoms with Gasteiger partial charge in [-0.1, -0.05) is 73.6 Å². The third-order valence-corrected chi connectivity index (χ3v) is 3.74. The molecule has 0 aliphatic heterocycles. The van der Waals surface area contributed by atoms with Gasteiger partial charge in [-0.3, -0.25) is 10.8 Å². The number of allylic oxidation sites excluding steroid dienone is 4. The third-order valence-electron chi connectivity index (χ3n) is 3.74. The van der Waals surface area contributed by atoms with E-state index in [4.69, 9.17) is 16.6 Å². The lowest BCUT2D eigenvalue weighted by molar-refractivity contribution is 0.447. The summed E-state index contributed by atoms with van der Waals surface area (Å²) >= 11 is 0. The first kappa shape index (κ1) is 23.6. The van der Waals surface area contributed by atoms with Crippen LogP contribution in [0, 0.1) is 10.8 Å². The fourth-order valence-electron chi connectivity index (χ4n) is 2.14. The molecule has 0 radical (unpaired) electrons. The van der Waals surface area contributed by atoms with Gasteiger partial charge >= 0.3 is 0 Å². The first-order chi connectivity index (χ1) is 11.8. The Morgan fingerprint density at radius 1 is 0.808 bits per heavy atom. The molecule has 0 saturated heterocycles. The largest absolute Gasteiger partial charge is 0.505 e. The van der Waals surface area contributed by atoms with E-state index in [0.717, 1.165) is 11.1 Å². The second kappa shape index (κ2) is 9.37. The topological polar surface area (TPSA) is 93.9 Å². The molecule has 1 aliphatic rings. The molecule has 4 heteroatoms. The molecule has 0 spiro atoms. The monoisotopic (exact) mass is 357 g/mol. The average Bonchev–Trinajstić information content (AvgIpc) is 2.53. The fraction of sp³-hybridized carbons (Fsp3) is 0.455. The van der Waals surface area contributed by atoms with Crippen molar-refractivity contribution < 1.29 is 5.11 Å². The molecule has 1 aromatic rings. The van der Waals surface area contributed by atoms with E-state index in [1.165, 1.54) is 0 Å². The maximum atomic E-state index is 10.00. The van der Waals surface area contributed by atoms with E-state index >= 15 is 0 Å². The maximum Gasteiger partial charge on any atom is 0.142 e. The molecular formula is C22H35N3O. The lowest BCUT2D eigenvalue weighted by atomic mass is 9.80. The van der Waals surface area contributed by atoms with E-state index in [1.807, 2.05) is 19.9 Å². The van der Waals surface area contributed by atoms with Gasteiger partial charge in [0.2, 0.25) is 0 Å². The number of hydrogen-bond donors (Lipinski definition) is 4. The van der Waals surface area contributed by atoms with Crippen molar-refractivity contribution in [2.45, 2.75) is 66.2 Å². The van der Waals surface area contributed by atoms with Crippen LogP contribution < -0.4 is 5.73 Å². The summed E-state index contributed by atoms with van der Waals surface area (Å²) in [5.74, 6) is 0.223. The van der Waals surface area contributed by atoms with E-state index in [9.17, 15) is 5.11 Å². The molecule has 0 fully saturated rings. The molecule has 0 atom stereocenters. The number of anilines is 1. The molecule has 26 heavy (non-hydrogen) atoms. The quantitative estimate of drug-likeness (QED) is 0.270. The number of rotatable bonds is 0. The molecule has 0 saturated carbocycles. The standard InChI is InChI=1S/C14H23NO.C6H6N2.C2H6/c1-13(2,3)9-7-10(14(4,5)6)12(16)11(15)8-9;7-5-3-1-2-4-6(5)8;1-2/h7-8,16H,15H2,1-6H3;1-4,7-8H;1-2H3. The highest BCUT2D eigenvalue weighted by atomic mass is 16.3. The molecule has 2 rings (SSSR count). The van der Waals surface area contributed by atoms with Gasteiger partial charge in [0.15, 0.2) is 0 Å². The van der Waals surface area contributed by atoms with Crippen molar-refractivity contribution in [2.75, 3.05) is 5.73 Å². The Bertz CT molecular complexity index is 677. The Hall–Kier alpha value is -2.36. The van der Waals surface area contributed by atoms with Crippen molar-refractivity contribution in [3.63, 3.8) is 0 Å². The van der Waals surface area contributed by atoms with Crippen LogP contribution in [0.5, 0.6) is 5.75 Å². The smallest absolute Gasteiger partial charge is 0.142 e. The minimum absolute atomic E-state index is 0.0435. The highest BCUT2D eigenvalue weighted by Crippen LogP contribution is 2.38. The lowest BCUT2D eigenvalue weighted by Crippen LogP contribution is -2.17. The number of benzene rings is 1. The second-order valence-electron chi connectivity index (χ2n) is 8.01. The summed E-state index contributed by atoms with van der Waals surface area (Å²) < 4.78 is 0. The predicted octanol–water partition coefficient (Wildman–Crippen LogP) is 5.75. The van der Waals surface area contributed by atoms with E-state index < -0.39 is 0 Å². The third kappa shape index (κ3) is 6.87. The van der Waals surface area contributed by atoms with Gasteiger partial charge in [0.1, 0.15) is 5.75 Å². The second-order valence-corrected chi connectivity index (χ2v) is 8.01. The van der Waals surface area contributed by atoms with E-state index in [0.29, 0.717) is 5.69 Å². The van der Waals surface area contributed by atoms with E-state index in [1.54, 1.807) is 24.3 Å². The SMILES string of the molecule is CC.CC(C)(C)c1cc(N)c(O)c(C(C)(C)C)c1.N=C1C=CC=CC1=N. The van der Waals surface area contributed by atoms with Gasteiger partial charge in [0, 0.05) is 5.56 Å². The maximum absolute atomic E-state index is 10.00. The molecule has 1 aromatic carbocycles. The van der Waals surface area contributed by atoms with Gasteiger partial charge < -0.3 is 10.8 Å². The lowest BCUT2D eigenvalue weighted by Gasteiger charge is -2.26. The number of phenolic OH excluding ortho intramolecular Hbond substituents is 1. The van der Waals surface area contributed by atoms with Crippen LogP contribution >= 0.6 is 0 Å². The zero-order chi connectivity index (χ0) is 20.7. The summed E-state index contributed by atoms with van der Waals surface area (Å²) in [5, 5.41) is 24.1. The van der Waals surface area contributed by atoms with Crippen LogP contribution in [0.3, 0.4) is 0 Å². The van der Waals surface area contributed by atoms with Crippen LogP contribution in [-0.2, 0) is 10.8 Å². The van der Waals surface area contributed by atoms with Crippen molar-refractivity contribution in [2.24, 2.45) is 0 Å². The van der Waals surface area contributed by atoms with Crippen LogP contribution in [0.2, 0.25) is 0 Å². The van der Waals surface area contributed by atoms with Crippen molar-refractivity contribution in [1.29, 1.82) is 10.8 Å². The number of nitrogen functional groups attached to an aromatic ring is 1. The van der Waals surface area contributed by atoms with Crippen molar-refractivity contribution in [3.05, 3.63) is 47.6 Å². The molecule has 1 aliphatic carbocycles. The summed E-state index contributed by atoms with van der Waals surface area (Å²) in [7, 11) is 0. The average molecular weight is 358 g/mol. The molecular weight excluding hydrogens is 322 g/mol. The zero-order valence-corrected chi connectivity index (χ0v) is 17.5. The summed E-state index contributed by atoms with van der Waals surface area (Å²) in [6.45, 7) is 16.7. The molecule has 0 amide bonds. The summed E-state index contributed by atoms with van der Waals surface area (Å²) in [6, 6.07) is 3.93. The Labute approximate surface area is 158 Å². The minimum atomic E-state index is -0.0978. The number of nitrogens with one attached hydrogen (secondary N) is 2. The van der Waals surface area contributed by atoms with Crippen molar-refractivity contribution >= 4 is 17.1 Å². The highest BCUT2D eigenvalue weighted by molar-refractivity contribution is 6.48. The Morgan fingerprint density at radius 3 is 1.54 bits per heavy atom. The Balaban J connectivity index is 0.000000522. The van der Waals surface area contributed by atoms with Gasteiger partial charge in [0.25, 0.3) is 0 Å². The first-order valence-corrected chi connectivity index (χ1v) is 8.99. The van der Waals surface area contributed by atoms with Crippen molar-refractivity contribution in [1.82, 2.24) is 0 Å². The zero-order valence-electron chi connectivity index (χ0n) is 17.5. The molecule has 0 bridgehead atoms. The van der Waals surface area contributed by atoms with Crippen LogP contribution in [0.15, 0.2) is 36.4 Å². The first-order valence-electron chi connectivity index (χ1n) is 8.99. The molecule has 5 N–H and O–H groups in total. The molecule has 0 aromatic heterocycles. The molecule has 4 nitrogen and oxygen atoms in total. The molecule has 144 valence electrons. The van der Waals surface area contributed by atoms with Gasteiger partial charge in [0.05, 0.1) is 17.1 Å². The summed E-state index contributed by atoms with van der Waals surface area (Å²) in [6.07, 6.45) is 6.70. The minimum Gasteiger partial charge on any atom is -0.505 e. The van der Waals surface area contributed by atoms with Gasteiger partial charge in [-0.05, 0) is 34.6 Å². The van der Waals surface area contributed by atoms with E-state index in [-0.39, 0.29) is 28.0 Å². The summed E-state index contributed by atoms with van der Waals surface area (Å²) in [5.41, 5.74) is 8.92. The number of phenols is 1. The van der Waals surface area contributed by atoms with Gasteiger partial charge in [-0.15, -0.1) is 0 Å². The Kier molecular flexibility index (Phi) is 8.52. The van der Waals surface area contributed by atoms with Crippen LogP contribution in [0.4, 0.5) is 5.69 Å². The van der Waals surface area contributed by atoms with Crippen LogP contribution in [0.1, 0.15) is 66.5 Å². The van der Waals surface area contributed by atoms with Gasteiger partial charge in [-0.25, -0.2) is 0 Å². The molecule has 0 heterocycles. The van der Waals surface area contributed by atoms with Gasteiger partial charge in [-0.2, -0.15) is 0 Å². The summed E-state index contributed by atoms with van der Waals surface area (Å²) in [4.78, 5) is 0. The Morgan fingerprint density at radius 2 is 1.23 bits per heavy atom. The van der Waals surface area contributed by atoms with Crippen molar-refractivity contribution in [3.8, 4) is 5.75 Å². The van der Waals surface area contributed by atoms with Crippen LogP contribution in [0.25, 0.3) is 0 Å². The fourth-order valence-corrected chi connectivity index (χ4v) is 2.14. The normalized spacial score (nSPS) is 13.5. The van der Waals surface area contributed by atoms with E-state index in [2.05, 4.69) is 47.6 Å². The predicted molar refractivity (Wildman–Crippen MR) is 115 cm³/mol. The number of aromatic hydroxyl groups is 1.